The van der Waals surface area contributed by atoms with Gasteiger partial charge in [-0.25, -0.2) is 8.42 Å². The smallest absolute Gasteiger partial charge is 0.164 e. The Morgan fingerprint density at radius 2 is 1.75 bits per heavy atom. The average molecular weight is 322 g/mol. The second kappa shape index (κ2) is 5.60. The summed E-state index contributed by atoms with van der Waals surface area (Å²) in [7, 11) is -2.95. The van der Waals surface area contributed by atoms with Crippen molar-refractivity contribution < 1.29 is 8.42 Å². The van der Waals surface area contributed by atoms with Crippen LogP contribution in [-0.4, -0.2) is 23.2 Å². The zero-order valence-corrected chi connectivity index (χ0v) is 11.2. The molecule has 0 aromatic heterocycles. The van der Waals surface area contributed by atoms with Gasteiger partial charge < -0.3 is 0 Å². The summed E-state index contributed by atoms with van der Waals surface area (Å²) in [4.78, 5) is 0.0741. The number of alkyl halides is 2. The van der Waals surface area contributed by atoms with E-state index in [1.54, 1.807) is 0 Å². The normalized spacial score (nSPS) is 17.3. The van der Waals surface area contributed by atoms with Gasteiger partial charge >= 0.3 is 0 Å². The molecule has 0 saturated carbocycles. The fraction of sp³-hybridized carbons (Fsp3) is 1.00. The van der Waals surface area contributed by atoms with E-state index in [0.29, 0.717) is 6.42 Å². The SMILES string of the molecule is CCC(Br)C(CC)S(=O)(=O)CBr. The summed E-state index contributed by atoms with van der Waals surface area (Å²) in [6.45, 7) is 3.88. The van der Waals surface area contributed by atoms with E-state index in [9.17, 15) is 8.42 Å². The lowest BCUT2D eigenvalue weighted by Gasteiger charge is -2.18. The van der Waals surface area contributed by atoms with Crippen LogP contribution in [-0.2, 0) is 9.84 Å². The minimum absolute atomic E-state index is 0.0562. The Hall–Kier alpha value is 0.910. The van der Waals surface area contributed by atoms with E-state index >= 15 is 0 Å². The maximum absolute atomic E-state index is 11.5. The molecule has 2 atom stereocenters. The van der Waals surface area contributed by atoms with E-state index in [0.717, 1.165) is 6.42 Å². The molecule has 0 amide bonds. The van der Waals surface area contributed by atoms with Gasteiger partial charge in [-0.15, -0.1) is 0 Å². The largest absolute Gasteiger partial charge is 0.228 e. The fourth-order valence-electron chi connectivity index (χ4n) is 1.08. The Labute approximate surface area is 91.3 Å². The molecular weight excluding hydrogens is 308 g/mol. The first-order chi connectivity index (χ1) is 5.49. The number of hydrogen-bond donors (Lipinski definition) is 0. The van der Waals surface area contributed by atoms with Gasteiger partial charge in [-0.2, -0.15) is 0 Å². The predicted octanol–water partition coefficient (Wildman–Crippen LogP) is 2.71. The van der Waals surface area contributed by atoms with Crippen LogP contribution in [0.3, 0.4) is 0 Å². The molecule has 0 aliphatic carbocycles. The van der Waals surface area contributed by atoms with Gasteiger partial charge in [0.1, 0.15) is 4.66 Å². The van der Waals surface area contributed by atoms with Crippen molar-refractivity contribution in [2.45, 2.75) is 36.8 Å². The lowest BCUT2D eigenvalue weighted by molar-refractivity contribution is 0.574. The van der Waals surface area contributed by atoms with E-state index < -0.39 is 9.84 Å². The third kappa shape index (κ3) is 3.34. The van der Waals surface area contributed by atoms with Gasteiger partial charge in [-0.3, -0.25) is 0 Å². The summed E-state index contributed by atoms with van der Waals surface area (Å²) in [6.07, 6.45) is 1.50. The Balaban J connectivity index is 4.56. The number of hydrogen-bond acceptors (Lipinski definition) is 2. The Bertz CT molecular complexity index is 213. The quantitative estimate of drug-likeness (QED) is 0.730. The minimum Gasteiger partial charge on any atom is -0.228 e. The molecule has 12 heavy (non-hydrogen) atoms. The first kappa shape index (κ1) is 12.9. The molecule has 0 bridgehead atoms. The molecule has 0 aromatic rings. The molecule has 0 N–H and O–H groups in total. The van der Waals surface area contributed by atoms with Gasteiger partial charge in [0.25, 0.3) is 0 Å². The molecule has 74 valence electrons. The molecule has 0 saturated heterocycles. The molecule has 0 spiro atoms. The van der Waals surface area contributed by atoms with E-state index in [4.69, 9.17) is 0 Å². The summed E-state index contributed by atoms with van der Waals surface area (Å²) in [6, 6.07) is 0. The van der Waals surface area contributed by atoms with Crippen LogP contribution in [0.1, 0.15) is 26.7 Å². The van der Waals surface area contributed by atoms with Crippen LogP contribution in [0.5, 0.6) is 0 Å². The molecule has 2 unspecified atom stereocenters. The molecule has 0 rings (SSSR count). The summed E-state index contributed by atoms with van der Waals surface area (Å²) in [5.41, 5.74) is 0. The second-order valence-corrected chi connectivity index (χ2v) is 7.34. The molecule has 0 aromatic carbocycles. The maximum atomic E-state index is 11.5. The standard InChI is InChI=1S/C7H14Br2O2S/c1-3-6(9)7(4-2)12(10,11)5-8/h6-7H,3-5H2,1-2H3. The van der Waals surface area contributed by atoms with Gasteiger partial charge in [0.05, 0.1) is 5.25 Å². The molecule has 2 nitrogen and oxygen atoms in total. The second-order valence-electron chi connectivity index (χ2n) is 2.64. The van der Waals surface area contributed by atoms with Crippen molar-refractivity contribution in [2.75, 3.05) is 4.66 Å². The summed E-state index contributed by atoms with van der Waals surface area (Å²) in [5, 5.41) is -0.262. The number of halogens is 2. The van der Waals surface area contributed by atoms with Crippen LogP contribution >= 0.6 is 31.9 Å². The molecule has 0 heterocycles. The zero-order chi connectivity index (χ0) is 9.78. The van der Waals surface area contributed by atoms with Crippen LogP contribution in [0.2, 0.25) is 0 Å². The topological polar surface area (TPSA) is 34.1 Å². The third-order valence-corrected chi connectivity index (χ3v) is 7.25. The highest BCUT2D eigenvalue weighted by Gasteiger charge is 2.28. The van der Waals surface area contributed by atoms with Crippen LogP contribution in [0.15, 0.2) is 0 Å². The minimum atomic E-state index is -2.95. The van der Waals surface area contributed by atoms with Gasteiger partial charge in [-0.05, 0) is 12.8 Å². The summed E-state index contributed by atoms with van der Waals surface area (Å²) >= 11 is 6.38. The zero-order valence-electron chi connectivity index (χ0n) is 7.26. The average Bonchev–Trinajstić information content (AvgIpc) is 2.05. The molecule has 0 aliphatic rings. The van der Waals surface area contributed by atoms with Crippen molar-refractivity contribution in [2.24, 2.45) is 0 Å². The van der Waals surface area contributed by atoms with Crippen LogP contribution in [0.25, 0.3) is 0 Å². The maximum Gasteiger partial charge on any atom is 0.164 e. The van der Waals surface area contributed by atoms with Crippen molar-refractivity contribution in [3.05, 3.63) is 0 Å². The van der Waals surface area contributed by atoms with Crippen molar-refractivity contribution in [3.63, 3.8) is 0 Å². The Morgan fingerprint density at radius 1 is 1.25 bits per heavy atom. The van der Waals surface area contributed by atoms with Gasteiger partial charge in [0.2, 0.25) is 0 Å². The van der Waals surface area contributed by atoms with Gasteiger partial charge in [-0.1, -0.05) is 45.7 Å². The lowest BCUT2D eigenvalue weighted by Crippen LogP contribution is -2.30. The number of sulfone groups is 1. The van der Waals surface area contributed by atoms with E-state index in [2.05, 4.69) is 31.9 Å². The molecular formula is C7H14Br2O2S. The predicted molar refractivity (Wildman–Crippen MR) is 59.8 cm³/mol. The van der Waals surface area contributed by atoms with Crippen LogP contribution in [0.4, 0.5) is 0 Å². The summed E-state index contributed by atoms with van der Waals surface area (Å²) in [5.74, 6) is 0. The van der Waals surface area contributed by atoms with E-state index in [1.165, 1.54) is 0 Å². The first-order valence-corrected chi connectivity index (χ1v) is 7.66. The highest BCUT2D eigenvalue weighted by Crippen LogP contribution is 2.21. The fourth-order valence-corrected chi connectivity index (χ4v) is 4.77. The van der Waals surface area contributed by atoms with Crippen LogP contribution in [0, 0.1) is 0 Å². The van der Waals surface area contributed by atoms with Crippen molar-refractivity contribution in [1.82, 2.24) is 0 Å². The monoisotopic (exact) mass is 320 g/mol. The summed E-state index contributed by atoms with van der Waals surface area (Å²) < 4.78 is 23.0. The number of rotatable bonds is 5. The Morgan fingerprint density at radius 3 is 2.00 bits per heavy atom. The van der Waals surface area contributed by atoms with Crippen molar-refractivity contribution >= 4 is 41.7 Å². The highest BCUT2D eigenvalue weighted by molar-refractivity contribution is 9.11. The van der Waals surface area contributed by atoms with Gasteiger partial charge in [0, 0.05) is 4.83 Å². The lowest BCUT2D eigenvalue weighted by atomic mass is 10.2. The molecule has 5 heteroatoms. The highest BCUT2D eigenvalue weighted by atomic mass is 79.9. The van der Waals surface area contributed by atoms with Gasteiger partial charge in [0.15, 0.2) is 9.84 Å². The first-order valence-electron chi connectivity index (χ1n) is 3.91. The van der Waals surface area contributed by atoms with E-state index in [-0.39, 0.29) is 14.7 Å². The van der Waals surface area contributed by atoms with Crippen molar-refractivity contribution in [3.8, 4) is 0 Å². The van der Waals surface area contributed by atoms with E-state index in [1.807, 2.05) is 13.8 Å². The third-order valence-electron chi connectivity index (χ3n) is 1.81. The Kier molecular flexibility index (Phi) is 6.03. The molecule has 0 aliphatic heterocycles. The van der Waals surface area contributed by atoms with Crippen molar-refractivity contribution in [1.29, 1.82) is 0 Å². The molecule has 0 radical (unpaired) electrons. The van der Waals surface area contributed by atoms with Crippen LogP contribution < -0.4 is 0 Å². The molecule has 0 fully saturated rings.